The van der Waals surface area contributed by atoms with Crippen LogP contribution in [0.1, 0.15) is 17.5 Å². The van der Waals surface area contributed by atoms with E-state index in [2.05, 4.69) is 0 Å². The zero-order valence-corrected chi connectivity index (χ0v) is 18.7. The molecule has 5 nitrogen and oxygen atoms in total. The van der Waals surface area contributed by atoms with Crippen molar-refractivity contribution in [2.75, 3.05) is 13.2 Å². The molecule has 1 aromatic heterocycles. The number of benzene rings is 3. The molecular formula is C25H22F3NO4S. The van der Waals surface area contributed by atoms with Gasteiger partial charge in [0.05, 0.1) is 24.3 Å². The van der Waals surface area contributed by atoms with Crippen LogP contribution in [0.15, 0.2) is 65.5 Å². The van der Waals surface area contributed by atoms with Gasteiger partial charge in [-0.3, -0.25) is 4.79 Å². The molecule has 0 radical (unpaired) electrons. The minimum atomic E-state index is -4.48. The first-order chi connectivity index (χ1) is 16.1. The zero-order valence-electron chi connectivity index (χ0n) is 17.9. The number of aliphatic hydroxyl groups is 2. The second kappa shape index (κ2) is 9.34. The number of rotatable bonds is 7. The molecule has 0 saturated heterocycles. The predicted octanol–water partition coefficient (Wildman–Crippen LogP) is 4.84. The van der Waals surface area contributed by atoms with Crippen molar-refractivity contribution in [3.8, 4) is 11.5 Å². The number of nitrogens with two attached hydrogens (primary N) is 1. The van der Waals surface area contributed by atoms with Crippen LogP contribution in [0.4, 0.5) is 13.2 Å². The van der Waals surface area contributed by atoms with E-state index in [1.807, 2.05) is 6.07 Å². The van der Waals surface area contributed by atoms with Crippen molar-refractivity contribution in [2.24, 2.45) is 5.73 Å². The van der Waals surface area contributed by atoms with Crippen LogP contribution in [0, 0.1) is 0 Å². The van der Waals surface area contributed by atoms with E-state index < -0.39 is 17.3 Å². The SMILES string of the molecule is NC(CO)(CO)CCc1ccc2c(=O)c3cc(Oc4cccc(C(F)(F)F)c4)ccc3sc2c1. The third kappa shape index (κ3) is 5.07. The van der Waals surface area contributed by atoms with Crippen molar-refractivity contribution < 1.29 is 28.1 Å². The van der Waals surface area contributed by atoms with Gasteiger partial charge in [-0.25, -0.2) is 0 Å². The molecular weight excluding hydrogens is 467 g/mol. The first-order valence-corrected chi connectivity index (χ1v) is 11.3. The zero-order chi connectivity index (χ0) is 24.5. The van der Waals surface area contributed by atoms with Gasteiger partial charge in [0.25, 0.3) is 0 Å². The molecule has 0 unspecified atom stereocenters. The summed E-state index contributed by atoms with van der Waals surface area (Å²) < 4.78 is 46.0. The largest absolute Gasteiger partial charge is 0.457 e. The summed E-state index contributed by atoms with van der Waals surface area (Å²) >= 11 is 1.41. The second-order valence-electron chi connectivity index (χ2n) is 8.23. The van der Waals surface area contributed by atoms with Crippen molar-refractivity contribution in [3.05, 3.63) is 82.0 Å². The molecule has 0 fully saturated rings. The van der Waals surface area contributed by atoms with Crippen molar-refractivity contribution >= 4 is 31.5 Å². The quantitative estimate of drug-likeness (QED) is 0.323. The Bertz CT molecular complexity index is 1400. The standard InChI is InChI=1S/C25H22F3NO4S/c26-25(27,28)16-2-1-3-17(11-16)33-18-5-7-21-20(12-18)23(32)19-6-4-15(10-22(19)34-21)8-9-24(29,13-30)14-31/h1-7,10-12,30-31H,8-9,13-14,29H2. The minimum Gasteiger partial charge on any atom is -0.457 e. The Morgan fingerprint density at radius 1 is 0.882 bits per heavy atom. The fourth-order valence-corrected chi connectivity index (χ4v) is 4.69. The molecule has 3 aromatic carbocycles. The van der Waals surface area contributed by atoms with Gasteiger partial charge in [0, 0.05) is 20.2 Å². The van der Waals surface area contributed by atoms with Crippen molar-refractivity contribution in [3.63, 3.8) is 0 Å². The Morgan fingerprint density at radius 3 is 2.32 bits per heavy atom. The number of ether oxygens (including phenoxy) is 1. The average molecular weight is 490 g/mol. The Hall–Kier alpha value is -2.98. The normalized spacial score (nSPS) is 12.4. The minimum absolute atomic E-state index is 0.0254. The topological polar surface area (TPSA) is 92.8 Å². The lowest BCUT2D eigenvalue weighted by molar-refractivity contribution is -0.137. The highest BCUT2D eigenvalue weighted by atomic mass is 32.1. The first kappa shape index (κ1) is 24.2. The lowest BCUT2D eigenvalue weighted by Gasteiger charge is -2.24. The van der Waals surface area contributed by atoms with Crippen LogP contribution >= 0.6 is 11.3 Å². The average Bonchev–Trinajstić information content (AvgIpc) is 2.82. The summed E-state index contributed by atoms with van der Waals surface area (Å²) in [6, 6.07) is 14.8. The Balaban J connectivity index is 1.64. The van der Waals surface area contributed by atoms with Crippen molar-refractivity contribution in [1.82, 2.24) is 0 Å². The monoisotopic (exact) mass is 489 g/mol. The maximum atomic E-state index is 13.1. The summed E-state index contributed by atoms with van der Waals surface area (Å²) in [4.78, 5) is 13.1. The summed E-state index contributed by atoms with van der Waals surface area (Å²) in [6.07, 6.45) is -3.58. The lowest BCUT2D eigenvalue weighted by atomic mass is 9.94. The smallest absolute Gasteiger partial charge is 0.416 e. The number of aliphatic hydroxyl groups excluding tert-OH is 2. The predicted molar refractivity (Wildman–Crippen MR) is 127 cm³/mol. The van der Waals surface area contributed by atoms with E-state index in [0.29, 0.717) is 28.3 Å². The van der Waals surface area contributed by atoms with Crippen LogP contribution in [-0.4, -0.2) is 29.0 Å². The van der Waals surface area contributed by atoms with Gasteiger partial charge in [-0.05, 0) is 66.9 Å². The molecule has 0 atom stereocenters. The summed E-state index contributed by atoms with van der Waals surface area (Å²) in [5.74, 6) is 0.289. The summed E-state index contributed by atoms with van der Waals surface area (Å²) in [7, 11) is 0. The highest BCUT2D eigenvalue weighted by molar-refractivity contribution is 7.24. The van der Waals surface area contributed by atoms with E-state index in [9.17, 15) is 28.2 Å². The Labute approximate surface area is 196 Å². The summed E-state index contributed by atoms with van der Waals surface area (Å²) in [6.45, 7) is -0.667. The number of halogens is 3. The molecule has 1 heterocycles. The van der Waals surface area contributed by atoms with Gasteiger partial charge < -0.3 is 20.7 Å². The number of fused-ring (bicyclic) bond motifs is 2. The second-order valence-corrected chi connectivity index (χ2v) is 9.31. The molecule has 0 aliphatic rings. The van der Waals surface area contributed by atoms with Gasteiger partial charge in [0.15, 0.2) is 5.43 Å². The third-order valence-corrected chi connectivity index (χ3v) is 6.78. The fourth-order valence-electron chi connectivity index (χ4n) is 3.57. The van der Waals surface area contributed by atoms with E-state index in [0.717, 1.165) is 22.4 Å². The lowest BCUT2D eigenvalue weighted by Crippen LogP contribution is -2.47. The summed E-state index contributed by atoms with van der Waals surface area (Å²) in [5, 5.41) is 19.7. The third-order valence-electron chi connectivity index (χ3n) is 5.64. The summed E-state index contributed by atoms with van der Waals surface area (Å²) in [5.41, 5.74) is 4.77. The van der Waals surface area contributed by atoms with Crippen LogP contribution in [0.2, 0.25) is 0 Å². The molecule has 0 aliphatic carbocycles. The molecule has 4 N–H and O–H groups in total. The molecule has 4 aromatic rings. The van der Waals surface area contributed by atoms with Crippen molar-refractivity contribution in [2.45, 2.75) is 24.6 Å². The van der Waals surface area contributed by atoms with Crippen LogP contribution in [-0.2, 0) is 12.6 Å². The highest BCUT2D eigenvalue weighted by Gasteiger charge is 2.30. The number of alkyl halides is 3. The van der Waals surface area contributed by atoms with Crippen LogP contribution in [0.25, 0.3) is 20.2 Å². The number of aryl methyl sites for hydroxylation is 1. The van der Waals surface area contributed by atoms with Crippen molar-refractivity contribution in [1.29, 1.82) is 0 Å². The van der Waals surface area contributed by atoms with Gasteiger partial charge in [0.1, 0.15) is 11.5 Å². The van der Waals surface area contributed by atoms with Crippen LogP contribution < -0.4 is 15.9 Å². The highest BCUT2D eigenvalue weighted by Crippen LogP contribution is 2.34. The molecule has 0 bridgehead atoms. The van der Waals surface area contributed by atoms with E-state index in [1.54, 1.807) is 24.3 Å². The van der Waals surface area contributed by atoms with E-state index in [4.69, 9.17) is 10.5 Å². The van der Waals surface area contributed by atoms with Crippen LogP contribution in [0.3, 0.4) is 0 Å². The van der Waals surface area contributed by atoms with Crippen LogP contribution in [0.5, 0.6) is 11.5 Å². The molecule has 9 heteroatoms. The van der Waals surface area contributed by atoms with Gasteiger partial charge >= 0.3 is 6.18 Å². The van der Waals surface area contributed by atoms with E-state index >= 15 is 0 Å². The first-order valence-electron chi connectivity index (χ1n) is 10.5. The van der Waals surface area contributed by atoms with Gasteiger partial charge in [-0.15, -0.1) is 11.3 Å². The Kier molecular flexibility index (Phi) is 6.64. The molecule has 34 heavy (non-hydrogen) atoms. The van der Waals surface area contributed by atoms with Gasteiger partial charge in [0.2, 0.25) is 0 Å². The molecule has 4 rings (SSSR count). The van der Waals surface area contributed by atoms with E-state index in [-0.39, 0.29) is 30.1 Å². The fraction of sp³-hybridized carbons (Fsp3) is 0.240. The molecule has 178 valence electrons. The number of hydrogen-bond acceptors (Lipinski definition) is 6. The molecule has 0 saturated carbocycles. The number of hydrogen-bond donors (Lipinski definition) is 3. The van der Waals surface area contributed by atoms with E-state index in [1.165, 1.54) is 29.5 Å². The van der Waals surface area contributed by atoms with Gasteiger partial charge in [-0.2, -0.15) is 13.2 Å². The Morgan fingerprint density at radius 2 is 1.62 bits per heavy atom. The van der Waals surface area contributed by atoms with Gasteiger partial charge in [-0.1, -0.05) is 12.1 Å². The maximum absolute atomic E-state index is 13.1. The maximum Gasteiger partial charge on any atom is 0.416 e. The molecule has 0 aliphatic heterocycles. The molecule has 0 spiro atoms. The molecule has 0 amide bonds.